The first-order chi connectivity index (χ1) is 13.5. The molecule has 2 aromatic heterocycles. The molecule has 0 saturated carbocycles. The highest BCUT2D eigenvalue weighted by Gasteiger charge is 2.30. The number of rotatable bonds is 4. The lowest BCUT2D eigenvalue weighted by Crippen LogP contribution is -2.49. The molecule has 0 spiro atoms. The maximum Gasteiger partial charge on any atom is 0.245 e. The second-order valence-corrected chi connectivity index (χ2v) is 8.80. The first-order valence-corrected chi connectivity index (χ1v) is 10.5. The Morgan fingerprint density at radius 3 is 2.54 bits per heavy atom. The third kappa shape index (κ3) is 3.38. The minimum atomic E-state index is -3.62. The Kier molecular flexibility index (Phi) is 4.86. The third-order valence-electron chi connectivity index (χ3n) is 4.92. The summed E-state index contributed by atoms with van der Waals surface area (Å²) in [5.41, 5.74) is 1.47. The lowest BCUT2D eigenvalue weighted by molar-refractivity contribution is 0.384. The highest BCUT2D eigenvalue weighted by molar-refractivity contribution is 7.89. The van der Waals surface area contributed by atoms with Crippen LogP contribution in [0.15, 0.2) is 53.7 Å². The number of hydrogen-bond donors (Lipinski definition) is 0. The minimum absolute atomic E-state index is 0.258. The highest BCUT2D eigenvalue weighted by Crippen LogP contribution is 2.26. The van der Waals surface area contributed by atoms with E-state index in [2.05, 4.69) is 20.1 Å². The van der Waals surface area contributed by atoms with Gasteiger partial charge in [0, 0.05) is 57.9 Å². The first kappa shape index (κ1) is 18.6. The van der Waals surface area contributed by atoms with E-state index in [1.807, 2.05) is 37.2 Å². The lowest BCUT2D eigenvalue weighted by atomic mass is 10.2. The van der Waals surface area contributed by atoms with Crippen molar-refractivity contribution in [1.29, 1.82) is 0 Å². The van der Waals surface area contributed by atoms with Crippen LogP contribution in [0.25, 0.3) is 10.9 Å². The average Bonchev–Trinajstić information content (AvgIpc) is 2.73. The van der Waals surface area contributed by atoms with Crippen LogP contribution in [-0.4, -0.2) is 68.2 Å². The quantitative estimate of drug-likeness (QED) is 0.660. The number of anilines is 2. The number of aromatic nitrogens is 3. The van der Waals surface area contributed by atoms with Crippen LogP contribution in [0, 0.1) is 0 Å². The predicted octanol–water partition coefficient (Wildman–Crippen LogP) is 1.60. The van der Waals surface area contributed by atoms with Crippen LogP contribution < -0.4 is 9.80 Å². The SMILES string of the molecule is CN(C)c1cnnc(N2CCN(S(=O)(=O)c3cccc4cccnc34)CC2)c1. The Morgan fingerprint density at radius 1 is 1.04 bits per heavy atom. The summed E-state index contributed by atoms with van der Waals surface area (Å²) >= 11 is 0. The van der Waals surface area contributed by atoms with E-state index in [1.54, 1.807) is 30.6 Å². The maximum absolute atomic E-state index is 13.2. The third-order valence-corrected chi connectivity index (χ3v) is 6.85. The Labute approximate surface area is 164 Å². The van der Waals surface area contributed by atoms with Crippen molar-refractivity contribution in [1.82, 2.24) is 19.5 Å². The van der Waals surface area contributed by atoms with E-state index in [9.17, 15) is 8.42 Å². The van der Waals surface area contributed by atoms with Crippen molar-refractivity contribution >= 4 is 32.4 Å². The number of nitrogens with zero attached hydrogens (tertiary/aromatic N) is 6. The number of pyridine rings is 1. The number of benzene rings is 1. The summed E-state index contributed by atoms with van der Waals surface area (Å²) in [6, 6.07) is 10.9. The number of fused-ring (bicyclic) bond motifs is 1. The van der Waals surface area contributed by atoms with E-state index in [-0.39, 0.29) is 4.90 Å². The zero-order valence-electron chi connectivity index (χ0n) is 15.9. The standard InChI is InChI=1S/C19H22N6O2S/c1-23(2)16-13-18(22-21-14-16)24-9-11-25(12-10-24)28(26,27)17-7-3-5-15-6-4-8-20-19(15)17/h3-8,13-14H,9-12H2,1-2H3. The van der Waals surface area contributed by atoms with Crippen LogP contribution in [0.4, 0.5) is 11.5 Å². The summed E-state index contributed by atoms with van der Waals surface area (Å²) in [6.07, 6.45) is 3.33. The number of hydrogen-bond acceptors (Lipinski definition) is 7. The monoisotopic (exact) mass is 398 g/mol. The van der Waals surface area contributed by atoms with Gasteiger partial charge in [-0.05, 0) is 12.1 Å². The molecule has 3 aromatic rings. The second kappa shape index (κ2) is 7.33. The predicted molar refractivity (Wildman–Crippen MR) is 109 cm³/mol. The second-order valence-electron chi connectivity index (χ2n) is 6.89. The van der Waals surface area contributed by atoms with Crippen molar-refractivity contribution in [3.05, 3.63) is 48.8 Å². The molecule has 3 heterocycles. The van der Waals surface area contributed by atoms with E-state index >= 15 is 0 Å². The van der Waals surface area contributed by atoms with Gasteiger partial charge in [0.15, 0.2) is 5.82 Å². The van der Waals surface area contributed by atoms with Crippen LogP contribution in [0.3, 0.4) is 0 Å². The van der Waals surface area contributed by atoms with Crippen molar-refractivity contribution in [3.63, 3.8) is 0 Å². The van der Waals surface area contributed by atoms with Gasteiger partial charge in [-0.15, -0.1) is 5.10 Å². The highest BCUT2D eigenvalue weighted by atomic mass is 32.2. The summed E-state index contributed by atoms with van der Waals surface area (Å²) in [5, 5.41) is 9.08. The number of sulfonamides is 1. The molecule has 0 radical (unpaired) electrons. The van der Waals surface area contributed by atoms with Gasteiger partial charge in [0.1, 0.15) is 4.90 Å². The number of piperazine rings is 1. The molecule has 1 fully saturated rings. The molecule has 146 valence electrons. The van der Waals surface area contributed by atoms with Crippen molar-refractivity contribution < 1.29 is 8.42 Å². The molecule has 9 heteroatoms. The maximum atomic E-state index is 13.2. The van der Waals surface area contributed by atoms with E-state index in [4.69, 9.17) is 0 Å². The van der Waals surface area contributed by atoms with Crippen LogP contribution in [0.2, 0.25) is 0 Å². The molecule has 0 N–H and O–H groups in total. The molecule has 0 atom stereocenters. The van der Waals surface area contributed by atoms with Crippen molar-refractivity contribution in [2.75, 3.05) is 50.1 Å². The molecular weight excluding hydrogens is 376 g/mol. The van der Waals surface area contributed by atoms with Gasteiger partial charge < -0.3 is 9.80 Å². The fourth-order valence-electron chi connectivity index (χ4n) is 3.33. The minimum Gasteiger partial charge on any atom is -0.376 e. The molecule has 0 bridgehead atoms. The number of para-hydroxylation sites is 1. The van der Waals surface area contributed by atoms with Crippen LogP contribution in [0.1, 0.15) is 0 Å². The van der Waals surface area contributed by atoms with Crippen LogP contribution >= 0.6 is 0 Å². The Balaban J connectivity index is 1.55. The molecule has 1 saturated heterocycles. The summed E-state index contributed by atoms with van der Waals surface area (Å²) < 4.78 is 28.0. The van der Waals surface area contributed by atoms with E-state index < -0.39 is 10.0 Å². The molecule has 0 unspecified atom stereocenters. The summed E-state index contributed by atoms with van der Waals surface area (Å²) in [6.45, 7) is 1.89. The zero-order chi connectivity index (χ0) is 19.7. The zero-order valence-corrected chi connectivity index (χ0v) is 16.7. The molecule has 1 aliphatic rings. The van der Waals surface area contributed by atoms with Crippen molar-refractivity contribution in [2.45, 2.75) is 4.90 Å². The molecule has 0 amide bonds. The van der Waals surface area contributed by atoms with Gasteiger partial charge in [0.2, 0.25) is 10.0 Å². The van der Waals surface area contributed by atoms with Crippen LogP contribution in [-0.2, 0) is 10.0 Å². The van der Waals surface area contributed by atoms with Gasteiger partial charge in [-0.2, -0.15) is 9.40 Å². The van der Waals surface area contributed by atoms with E-state index in [0.717, 1.165) is 16.9 Å². The topological polar surface area (TPSA) is 82.5 Å². The molecule has 1 aromatic carbocycles. The fraction of sp³-hybridized carbons (Fsp3) is 0.316. The van der Waals surface area contributed by atoms with Crippen molar-refractivity contribution in [3.8, 4) is 0 Å². The largest absolute Gasteiger partial charge is 0.376 e. The Hall–Kier alpha value is -2.78. The van der Waals surface area contributed by atoms with E-state index in [0.29, 0.717) is 31.7 Å². The van der Waals surface area contributed by atoms with Crippen LogP contribution in [0.5, 0.6) is 0 Å². The van der Waals surface area contributed by atoms with Crippen molar-refractivity contribution in [2.24, 2.45) is 0 Å². The van der Waals surface area contributed by atoms with Gasteiger partial charge >= 0.3 is 0 Å². The van der Waals surface area contributed by atoms with Gasteiger partial charge in [0.05, 0.1) is 17.4 Å². The first-order valence-electron chi connectivity index (χ1n) is 9.06. The van der Waals surface area contributed by atoms with E-state index in [1.165, 1.54) is 4.31 Å². The molecular formula is C19H22N6O2S. The van der Waals surface area contributed by atoms with Gasteiger partial charge in [-0.3, -0.25) is 4.98 Å². The average molecular weight is 398 g/mol. The molecule has 28 heavy (non-hydrogen) atoms. The smallest absolute Gasteiger partial charge is 0.245 e. The Morgan fingerprint density at radius 2 is 1.79 bits per heavy atom. The summed E-state index contributed by atoms with van der Waals surface area (Å²) in [7, 11) is 0.280. The lowest BCUT2D eigenvalue weighted by Gasteiger charge is -2.34. The normalized spacial score (nSPS) is 15.7. The molecule has 0 aliphatic carbocycles. The van der Waals surface area contributed by atoms with Gasteiger partial charge in [0.25, 0.3) is 0 Å². The Bertz CT molecular complexity index is 1090. The summed E-state index contributed by atoms with van der Waals surface area (Å²) in [5.74, 6) is 0.759. The van der Waals surface area contributed by atoms with Gasteiger partial charge in [-0.25, -0.2) is 8.42 Å². The van der Waals surface area contributed by atoms with Gasteiger partial charge in [-0.1, -0.05) is 18.2 Å². The molecule has 4 rings (SSSR count). The fourth-order valence-corrected chi connectivity index (χ4v) is 4.91. The molecule has 8 nitrogen and oxygen atoms in total. The summed E-state index contributed by atoms with van der Waals surface area (Å²) in [4.78, 5) is 8.58. The molecule has 1 aliphatic heterocycles.